The predicted molar refractivity (Wildman–Crippen MR) is 62.5 cm³/mol. The molecule has 0 spiro atoms. The molecule has 1 aliphatic heterocycles. The van der Waals surface area contributed by atoms with Gasteiger partial charge in [0.05, 0.1) is 0 Å². The summed E-state index contributed by atoms with van der Waals surface area (Å²) in [5.41, 5.74) is 5.19. The van der Waals surface area contributed by atoms with Crippen molar-refractivity contribution in [3.8, 4) is 0 Å². The van der Waals surface area contributed by atoms with Crippen LogP contribution in [0, 0.1) is 5.92 Å². The first-order chi connectivity index (χ1) is 7.15. The summed E-state index contributed by atoms with van der Waals surface area (Å²) in [5, 5.41) is 0. The van der Waals surface area contributed by atoms with Gasteiger partial charge in [0.2, 0.25) is 5.91 Å². The number of rotatable bonds is 6. The maximum atomic E-state index is 10.8. The average molecular weight is 212 g/mol. The van der Waals surface area contributed by atoms with E-state index in [0.29, 0.717) is 12.5 Å². The predicted octanol–water partition coefficient (Wildman–Crippen LogP) is 1.76. The molecule has 1 heterocycles. The quantitative estimate of drug-likeness (QED) is 0.729. The lowest BCUT2D eigenvalue weighted by Crippen LogP contribution is -2.34. The van der Waals surface area contributed by atoms with Crippen molar-refractivity contribution in [3.05, 3.63) is 0 Å². The molecule has 1 saturated heterocycles. The van der Waals surface area contributed by atoms with Crippen LogP contribution in [-0.4, -0.2) is 29.9 Å². The smallest absolute Gasteiger partial charge is 0.218 e. The van der Waals surface area contributed by atoms with Gasteiger partial charge >= 0.3 is 0 Å². The first-order valence-electron chi connectivity index (χ1n) is 6.17. The number of amides is 1. The molecule has 2 atom stereocenters. The van der Waals surface area contributed by atoms with E-state index in [0.717, 1.165) is 19.0 Å². The highest BCUT2D eigenvalue weighted by Crippen LogP contribution is 2.27. The summed E-state index contributed by atoms with van der Waals surface area (Å²) in [7, 11) is 0. The van der Waals surface area contributed by atoms with E-state index >= 15 is 0 Å². The van der Waals surface area contributed by atoms with Gasteiger partial charge in [-0.25, -0.2) is 0 Å². The standard InChI is InChI=1S/C12H24N2O/c1-3-4-5-11-10(2)6-8-14(11)9-7-12(13)15/h10-11H,3-9H2,1-2H3,(H2,13,15). The van der Waals surface area contributed by atoms with Gasteiger partial charge in [0.1, 0.15) is 0 Å². The van der Waals surface area contributed by atoms with Crippen LogP contribution < -0.4 is 5.73 Å². The third kappa shape index (κ3) is 3.82. The van der Waals surface area contributed by atoms with Crippen LogP contribution in [-0.2, 0) is 4.79 Å². The Hall–Kier alpha value is -0.570. The van der Waals surface area contributed by atoms with E-state index in [1.165, 1.54) is 25.7 Å². The molecule has 0 aliphatic carbocycles. The summed E-state index contributed by atoms with van der Waals surface area (Å²) in [4.78, 5) is 13.2. The number of primary amides is 1. The molecular formula is C12H24N2O. The average Bonchev–Trinajstić information content (AvgIpc) is 2.53. The monoisotopic (exact) mass is 212 g/mol. The van der Waals surface area contributed by atoms with Crippen molar-refractivity contribution in [2.45, 2.75) is 52.0 Å². The van der Waals surface area contributed by atoms with Crippen LogP contribution in [0.5, 0.6) is 0 Å². The lowest BCUT2D eigenvalue weighted by molar-refractivity contribution is -0.118. The van der Waals surface area contributed by atoms with E-state index in [2.05, 4.69) is 18.7 Å². The maximum absolute atomic E-state index is 10.8. The molecule has 0 aromatic rings. The van der Waals surface area contributed by atoms with Crippen LogP contribution in [0.4, 0.5) is 0 Å². The summed E-state index contributed by atoms with van der Waals surface area (Å²) in [6.07, 6.45) is 5.61. The van der Waals surface area contributed by atoms with Crippen LogP contribution in [0.3, 0.4) is 0 Å². The maximum Gasteiger partial charge on any atom is 0.218 e. The Bertz CT molecular complexity index is 206. The van der Waals surface area contributed by atoms with Crippen molar-refractivity contribution in [2.24, 2.45) is 11.7 Å². The van der Waals surface area contributed by atoms with Crippen LogP contribution in [0.15, 0.2) is 0 Å². The topological polar surface area (TPSA) is 46.3 Å². The Balaban J connectivity index is 2.37. The summed E-state index contributed by atoms with van der Waals surface area (Å²) in [6.45, 7) is 6.55. The Morgan fingerprint density at radius 2 is 2.27 bits per heavy atom. The molecule has 15 heavy (non-hydrogen) atoms. The van der Waals surface area contributed by atoms with E-state index in [4.69, 9.17) is 5.73 Å². The number of likely N-dealkylation sites (tertiary alicyclic amines) is 1. The summed E-state index contributed by atoms with van der Waals surface area (Å²) < 4.78 is 0. The number of nitrogens with two attached hydrogens (primary N) is 1. The third-order valence-corrected chi connectivity index (χ3v) is 3.50. The van der Waals surface area contributed by atoms with Crippen molar-refractivity contribution >= 4 is 5.91 Å². The fourth-order valence-corrected chi connectivity index (χ4v) is 2.50. The molecule has 0 bridgehead atoms. The van der Waals surface area contributed by atoms with Crippen molar-refractivity contribution in [1.82, 2.24) is 4.90 Å². The van der Waals surface area contributed by atoms with Crippen LogP contribution >= 0.6 is 0 Å². The molecule has 0 aromatic heterocycles. The van der Waals surface area contributed by atoms with Crippen LogP contribution in [0.1, 0.15) is 46.0 Å². The van der Waals surface area contributed by atoms with E-state index in [9.17, 15) is 4.79 Å². The van der Waals surface area contributed by atoms with Gasteiger partial charge in [-0.1, -0.05) is 26.7 Å². The summed E-state index contributed by atoms with van der Waals surface area (Å²) >= 11 is 0. The van der Waals surface area contributed by atoms with Gasteiger partial charge in [0.15, 0.2) is 0 Å². The number of nitrogens with zero attached hydrogens (tertiary/aromatic N) is 1. The first-order valence-corrected chi connectivity index (χ1v) is 6.17. The fourth-order valence-electron chi connectivity index (χ4n) is 2.50. The second-order valence-corrected chi connectivity index (χ2v) is 4.73. The highest BCUT2D eigenvalue weighted by Gasteiger charge is 2.29. The highest BCUT2D eigenvalue weighted by molar-refractivity contribution is 5.73. The molecule has 0 aromatic carbocycles. The van der Waals surface area contributed by atoms with E-state index in [-0.39, 0.29) is 5.91 Å². The lowest BCUT2D eigenvalue weighted by Gasteiger charge is -2.26. The summed E-state index contributed by atoms with van der Waals surface area (Å²) in [5.74, 6) is 0.605. The van der Waals surface area contributed by atoms with Crippen LogP contribution in [0.2, 0.25) is 0 Å². The number of hydrogen-bond acceptors (Lipinski definition) is 2. The Kier molecular flexibility index (Phi) is 5.09. The zero-order chi connectivity index (χ0) is 11.3. The molecule has 1 rings (SSSR count). The lowest BCUT2D eigenvalue weighted by atomic mass is 9.98. The van der Waals surface area contributed by atoms with Gasteiger partial charge in [-0.2, -0.15) is 0 Å². The molecule has 1 aliphatic rings. The van der Waals surface area contributed by atoms with Gasteiger partial charge < -0.3 is 5.73 Å². The van der Waals surface area contributed by atoms with Gasteiger partial charge in [0, 0.05) is 19.0 Å². The minimum Gasteiger partial charge on any atom is -0.370 e. The number of carbonyl (C=O) groups is 1. The second-order valence-electron chi connectivity index (χ2n) is 4.73. The summed E-state index contributed by atoms with van der Waals surface area (Å²) in [6, 6.07) is 0.685. The molecule has 2 unspecified atom stereocenters. The van der Waals surface area contributed by atoms with Crippen molar-refractivity contribution in [1.29, 1.82) is 0 Å². The van der Waals surface area contributed by atoms with Gasteiger partial charge in [-0.15, -0.1) is 0 Å². The zero-order valence-corrected chi connectivity index (χ0v) is 10.0. The third-order valence-electron chi connectivity index (χ3n) is 3.50. The normalized spacial score (nSPS) is 27.1. The zero-order valence-electron chi connectivity index (χ0n) is 10.0. The Morgan fingerprint density at radius 3 is 2.87 bits per heavy atom. The number of carbonyl (C=O) groups excluding carboxylic acids is 1. The Morgan fingerprint density at radius 1 is 1.53 bits per heavy atom. The molecule has 0 radical (unpaired) electrons. The molecular weight excluding hydrogens is 188 g/mol. The van der Waals surface area contributed by atoms with Crippen LogP contribution in [0.25, 0.3) is 0 Å². The van der Waals surface area contributed by atoms with Gasteiger partial charge in [-0.05, 0) is 25.3 Å². The first kappa shape index (κ1) is 12.5. The number of hydrogen-bond donors (Lipinski definition) is 1. The van der Waals surface area contributed by atoms with Crippen molar-refractivity contribution < 1.29 is 4.79 Å². The van der Waals surface area contributed by atoms with E-state index < -0.39 is 0 Å². The number of unbranched alkanes of at least 4 members (excludes halogenated alkanes) is 1. The molecule has 0 saturated carbocycles. The van der Waals surface area contributed by atoms with Gasteiger partial charge in [0.25, 0.3) is 0 Å². The molecule has 3 heteroatoms. The Labute approximate surface area is 93.0 Å². The SMILES string of the molecule is CCCCC1C(C)CCN1CCC(N)=O. The molecule has 1 fully saturated rings. The molecule has 1 amide bonds. The van der Waals surface area contributed by atoms with Crippen molar-refractivity contribution in [2.75, 3.05) is 13.1 Å². The van der Waals surface area contributed by atoms with E-state index in [1.807, 2.05) is 0 Å². The fraction of sp³-hybridized carbons (Fsp3) is 0.917. The van der Waals surface area contributed by atoms with Gasteiger partial charge in [-0.3, -0.25) is 9.69 Å². The van der Waals surface area contributed by atoms with E-state index in [1.54, 1.807) is 0 Å². The molecule has 3 nitrogen and oxygen atoms in total. The minimum absolute atomic E-state index is 0.177. The minimum atomic E-state index is -0.177. The molecule has 88 valence electrons. The highest BCUT2D eigenvalue weighted by atomic mass is 16.1. The second kappa shape index (κ2) is 6.11. The largest absolute Gasteiger partial charge is 0.370 e. The molecule has 2 N–H and O–H groups in total. The van der Waals surface area contributed by atoms with Crippen molar-refractivity contribution in [3.63, 3.8) is 0 Å².